The molecule has 0 saturated carbocycles. The minimum atomic E-state index is -0.103. The predicted octanol–water partition coefficient (Wildman–Crippen LogP) is 1.12. The van der Waals surface area contributed by atoms with E-state index in [2.05, 4.69) is 10.4 Å². The molecule has 1 heterocycles. The number of aryl methyl sites for hydroxylation is 2. The summed E-state index contributed by atoms with van der Waals surface area (Å²) in [7, 11) is 1.80. The zero-order valence-electron chi connectivity index (χ0n) is 11.2. The van der Waals surface area contributed by atoms with Gasteiger partial charge >= 0.3 is 0 Å². The molecule has 0 saturated heterocycles. The Balaban J connectivity index is 1.98. The number of benzene rings is 1. The number of hydrogen-bond donors (Lipinski definition) is 2. The monoisotopic (exact) mass is 258 g/mol. The number of nitrogens with one attached hydrogen (secondary N) is 1. The largest absolute Gasteiger partial charge is 0.348 e. The number of nitrogens with two attached hydrogens (primary N) is 1. The van der Waals surface area contributed by atoms with E-state index in [1.54, 1.807) is 17.9 Å². The fourth-order valence-electron chi connectivity index (χ4n) is 1.89. The van der Waals surface area contributed by atoms with Crippen LogP contribution in [0, 0.1) is 6.92 Å². The van der Waals surface area contributed by atoms with E-state index in [9.17, 15) is 4.79 Å². The van der Waals surface area contributed by atoms with E-state index in [0.29, 0.717) is 18.7 Å². The zero-order valence-corrected chi connectivity index (χ0v) is 11.2. The normalized spacial score (nSPS) is 10.5. The Labute approximate surface area is 112 Å². The summed E-state index contributed by atoms with van der Waals surface area (Å²) >= 11 is 0. The molecule has 2 rings (SSSR count). The first-order valence-electron chi connectivity index (χ1n) is 6.16. The Hall–Kier alpha value is -2.14. The van der Waals surface area contributed by atoms with Crippen LogP contribution in [0.2, 0.25) is 0 Å². The molecule has 5 nitrogen and oxygen atoms in total. The van der Waals surface area contributed by atoms with Gasteiger partial charge in [0.15, 0.2) is 0 Å². The highest BCUT2D eigenvalue weighted by molar-refractivity contribution is 5.94. The molecular weight excluding hydrogens is 240 g/mol. The first-order valence-corrected chi connectivity index (χ1v) is 6.16. The van der Waals surface area contributed by atoms with Gasteiger partial charge in [0, 0.05) is 26.3 Å². The number of aromatic nitrogens is 2. The SMILES string of the molecule is Cc1nn(C)cc1C(=O)NCc1ccc(CN)cc1. The van der Waals surface area contributed by atoms with Crippen molar-refractivity contribution in [3.05, 3.63) is 52.8 Å². The van der Waals surface area contributed by atoms with Gasteiger partial charge in [0.2, 0.25) is 0 Å². The van der Waals surface area contributed by atoms with Gasteiger partial charge in [-0.3, -0.25) is 9.48 Å². The molecule has 0 fully saturated rings. The average molecular weight is 258 g/mol. The first kappa shape index (κ1) is 13.3. The summed E-state index contributed by atoms with van der Waals surface area (Å²) < 4.78 is 1.64. The molecule has 0 unspecified atom stereocenters. The van der Waals surface area contributed by atoms with E-state index in [4.69, 9.17) is 5.73 Å². The molecule has 0 radical (unpaired) electrons. The lowest BCUT2D eigenvalue weighted by Gasteiger charge is -2.05. The van der Waals surface area contributed by atoms with Crippen molar-refractivity contribution in [1.29, 1.82) is 0 Å². The van der Waals surface area contributed by atoms with E-state index in [1.165, 1.54) is 0 Å². The summed E-state index contributed by atoms with van der Waals surface area (Å²) in [6, 6.07) is 7.88. The third-order valence-electron chi connectivity index (χ3n) is 2.97. The van der Waals surface area contributed by atoms with Crippen molar-refractivity contribution < 1.29 is 4.79 Å². The third-order valence-corrected chi connectivity index (χ3v) is 2.97. The molecule has 2 aromatic rings. The van der Waals surface area contributed by atoms with Crippen LogP contribution in [-0.2, 0) is 20.1 Å². The average Bonchev–Trinajstić information content (AvgIpc) is 2.75. The molecule has 3 N–H and O–H groups in total. The third kappa shape index (κ3) is 3.20. The number of rotatable bonds is 4. The quantitative estimate of drug-likeness (QED) is 0.863. The van der Waals surface area contributed by atoms with Crippen LogP contribution in [0.3, 0.4) is 0 Å². The lowest BCUT2D eigenvalue weighted by Crippen LogP contribution is -2.23. The van der Waals surface area contributed by atoms with Crippen molar-refractivity contribution in [3.8, 4) is 0 Å². The molecular formula is C14H18N4O. The Morgan fingerprint density at radius 1 is 1.32 bits per heavy atom. The van der Waals surface area contributed by atoms with Gasteiger partial charge in [0.25, 0.3) is 5.91 Å². The summed E-state index contributed by atoms with van der Waals surface area (Å²) in [6.07, 6.45) is 1.72. The number of hydrogen-bond acceptors (Lipinski definition) is 3. The van der Waals surface area contributed by atoms with Crippen molar-refractivity contribution in [3.63, 3.8) is 0 Å². The lowest BCUT2D eigenvalue weighted by molar-refractivity contribution is 0.0950. The van der Waals surface area contributed by atoms with Crippen LogP contribution in [0.15, 0.2) is 30.5 Å². The van der Waals surface area contributed by atoms with Crippen LogP contribution in [0.4, 0.5) is 0 Å². The van der Waals surface area contributed by atoms with Gasteiger partial charge < -0.3 is 11.1 Å². The van der Waals surface area contributed by atoms with Crippen LogP contribution < -0.4 is 11.1 Å². The molecule has 5 heteroatoms. The number of carbonyl (C=O) groups excluding carboxylic acids is 1. The number of amides is 1. The summed E-state index contributed by atoms with van der Waals surface area (Å²) in [4.78, 5) is 12.0. The topological polar surface area (TPSA) is 72.9 Å². The van der Waals surface area contributed by atoms with Gasteiger partial charge in [-0.05, 0) is 18.1 Å². The van der Waals surface area contributed by atoms with Crippen molar-refractivity contribution >= 4 is 5.91 Å². The number of nitrogens with zero attached hydrogens (tertiary/aromatic N) is 2. The Kier molecular flexibility index (Phi) is 3.97. The Morgan fingerprint density at radius 3 is 2.47 bits per heavy atom. The highest BCUT2D eigenvalue weighted by atomic mass is 16.1. The summed E-state index contributed by atoms with van der Waals surface area (Å²) in [5.41, 5.74) is 9.01. The summed E-state index contributed by atoms with van der Waals surface area (Å²) in [5.74, 6) is -0.103. The van der Waals surface area contributed by atoms with Crippen LogP contribution in [0.25, 0.3) is 0 Å². The van der Waals surface area contributed by atoms with Gasteiger partial charge in [0.05, 0.1) is 11.3 Å². The predicted molar refractivity (Wildman–Crippen MR) is 73.4 cm³/mol. The van der Waals surface area contributed by atoms with Gasteiger partial charge in [0.1, 0.15) is 0 Å². The maximum absolute atomic E-state index is 12.0. The lowest BCUT2D eigenvalue weighted by atomic mass is 10.1. The van der Waals surface area contributed by atoms with E-state index in [1.807, 2.05) is 31.2 Å². The smallest absolute Gasteiger partial charge is 0.255 e. The summed E-state index contributed by atoms with van der Waals surface area (Å²) in [6.45, 7) is 2.85. The first-order chi connectivity index (χ1) is 9.10. The molecule has 0 aliphatic carbocycles. The van der Waals surface area contributed by atoms with Crippen LogP contribution in [-0.4, -0.2) is 15.7 Å². The standard InChI is InChI=1S/C14H18N4O/c1-10-13(9-18(2)17-10)14(19)16-8-12-5-3-11(7-15)4-6-12/h3-6,9H,7-8,15H2,1-2H3,(H,16,19). The second-order valence-electron chi connectivity index (χ2n) is 4.51. The fourth-order valence-corrected chi connectivity index (χ4v) is 1.89. The molecule has 0 aliphatic rings. The molecule has 1 aromatic heterocycles. The van der Waals surface area contributed by atoms with Gasteiger partial charge in [-0.25, -0.2) is 0 Å². The van der Waals surface area contributed by atoms with Crippen LogP contribution in [0.1, 0.15) is 27.2 Å². The molecule has 0 spiro atoms. The molecule has 0 atom stereocenters. The second-order valence-corrected chi connectivity index (χ2v) is 4.51. The Morgan fingerprint density at radius 2 is 1.95 bits per heavy atom. The van der Waals surface area contributed by atoms with Crippen molar-refractivity contribution in [2.24, 2.45) is 12.8 Å². The molecule has 0 bridgehead atoms. The van der Waals surface area contributed by atoms with Gasteiger partial charge in [-0.15, -0.1) is 0 Å². The molecule has 19 heavy (non-hydrogen) atoms. The maximum Gasteiger partial charge on any atom is 0.255 e. The highest BCUT2D eigenvalue weighted by Crippen LogP contribution is 2.06. The molecule has 100 valence electrons. The van der Waals surface area contributed by atoms with Crippen LogP contribution in [0.5, 0.6) is 0 Å². The van der Waals surface area contributed by atoms with E-state index < -0.39 is 0 Å². The maximum atomic E-state index is 12.0. The van der Waals surface area contributed by atoms with Crippen molar-refractivity contribution in [2.45, 2.75) is 20.0 Å². The molecule has 1 aromatic carbocycles. The highest BCUT2D eigenvalue weighted by Gasteiger charge is 2.11. The summed E-state index contributed by atoms with van der Waals surface area (Å²) in [5, 5.41) is 7.04. The fraction of sp³-hybridized carbons (Fsp3) is 0.286. The number of carbonyl (C=O) groups is 1. The zero-order chi connectivity index (χ0) is 13.8. The van der Waals surface area contributed by atoms with E-state index in [0.717, 1.165) is 16.8 Å². The van der Waals surface area contributed by atoms with Gasteiger partial charge in [-0.2, -0.15) is 5.10 Å². The second kappa shape index (κ2) is 5.67. The van der Waals surface area contributed by atoms with Crippen molar-refractivity contribution in [2.75, 3.05) is 0 Å². The minimum absolute atomic E-state index is 0.103. The minimum Gasteiger partial charge on any atom is -0.348 e. The molecule has 0 aliphatic heterocycles. The van der Waals surface area contributed by atoms with Crippen LogP contribution >= 0.6 is 0 Å². The van der Waals surface area contributed by atoms with Crippen molar-refractivity contribution in [1.82, 2.24) is 15.1 Å². The van der Waals surface area contributed by atoms with E-state index >= 15 is 0 Å². The van der Waals surface area contributed by atoms with Gasteiger partial charge in [-0.1, -0.05) is 24.3 Å². The van der Waals surface area contributed by atoms with E-state index in [-0.39, 0.29) is 5.91 Å². The molecule has 1 amide bonds. The Bertz CT molecular complexity index is 572.